The average molecular weight is 478 g/mol. The van der Waals surface area contributed by atoms with Crippen LogP contribution in [0.3, 0.4) is 0 Å². The molecule has 2 aliphatic rings. The molecule has 33 heavy (non-hydrogen) atoms. The van der Waals surface area contributed by atoms with Crippen LogP contribution in [0.2, 0.25) is 0 Å². The lowest BCUT2D eigenvalue weighted by atomic mass is 10.0. The van der Waals surface area contributed by atoms with E-state index in [9.17, 15) is 35.5 Å². The molecule has 4 rings (SSSR count). The van der Waals surface area contributed by atoms with Crippen LogP contribution >= 0.6 is 0 Å². The molecule has 2 aliphatic heterocycles. The summed E-state index contributed by atoms with van der Waals surface area (Å²) in [6.07, 6.45) is -6.48. The van der Waals surface area contributed by atoms with Crippen molar-refractivity contribution >= 4 is 23.5 Å². The lowest BCUT2D eigenvalue weighted by molar-refractivity contribution is -0.141. The van der Waals surface area contributed by atoms with Gasteiger partial charge >= 0.3 is 12.6 Å². The van der Waals surface area contributed by atoms with Crippen LogP contribution in [-0.2, 0) is 11.0 Å². The number of hydrogen-bond acceptors (Lipinski definition) is 6. The molecule has 0 bridgehead atoms. The van der Waals surface area contributed by atoms with E-state index in [1.807, 2.05) is 0 Å². The molecule has 0 aliphatic carbocycles. The molecule has 2 saturated heterocycles. The number of rotatable bonds is 5. The van der Waals surface area contributed by atoms with Crippen LogP contribution in [0.5, 0.6) is 0 Å². The van der Waals surface area contributed by atoms with Gasteiger partial charge in [0.05, 0.1) is 24.3 Å². The Morgan fingerprint density at radius 1 is 1.21 bits per heavy atom. The Hall–Kier alpha value is -3.19. The predicted octanol–water partition coefficient (Wildman–Crippen LogP) is 3.67. The first-order chi connectivity index (χ1) is 15.4. The van der Waals surface area contributed by atoms with Crippen molar-refractivity contribution in [3.8, 4) is 0 Å². The number of anilines is 3. The van der Waals surface area contributed by atoms with Crippen LogP contribution < -0.4 is 10.2 Å². The van der Waals surface area contributed by atoms with Crippen LogP contribution in [0.1, 0.15) is 23.6 Å². The fraction of sp³-hybridized carbons (Fsp3) is 0.474. The molecule has 4 heterocycles. The molecular formula is C19H17F7N6O. The van der Waals surface area contributed by atoms with E-state index >= 15 is 0 Å². The molecule has 1 N–H and O–H groups in total. The van der Waals surface area contributed by atoms with Crippen molar-refractivity contribution in [2.75, 3.05) is 36.4 Å². The summed E-state index contributed by atoms with van der Waals surface area (Å²) in [6, 6.07) is 3.23. The standard InChI is InChI=1S/C19H17F7N6O/c20-14(21)16(33)31-5-3-10(7-31)12-6-13(30-17(28-12)32-8-18(22,23)9-32)29-15-11(19(24,25)26)2-1-4-27-15/h1-2,4,6,10,14H,3,5,7-9H2,(H,27,28,29,30). The van der Waals surface area contributed by atoms with E-state index in [1.54, 1.807) is 0 Å². The third-order valence-electron chi connectivity index (χ3n) is 5.33. The first kappa shape index (κ1) is 23.0. The Kier molecular flexibility index (Phi) is 5.78. The third-order valence-corrected chi connectivity index (χ3v) is 5.33. The number of aromatic nitrogens is 3. The Morgan fingerprint density at radius 2 is 1.94 bits per heavy atom. The van der Waals surface area contributed by atoms with Crippen LogP contribution in [0, 0.1) is 0 Å². The Morgan fingerprint density at radius 3 is 2.58 bits per heavy atom. The molecule has 0 radical (unpaired) electrons. The number of halogens is 7. The maximum atomic E-state index is 13.4. The second-order valence-corrected chi connectivity index (χ2v) is 7.78. The van der Waals surface area contributed by atoms with Gasteiger partial charge in [-0.3, -0.25) is 4.79 Å². The summed E-state index contributed by atoms with van der Waals surface area (Å²) in [4.78, 5) is 25.7. The molecule has 0 saturated carbocycles. The first-order valence-corrected chi connectivity index (χ1v) is 9.81. The molecule has 2 aromatic rings. The highest BCUT2D eigenvalue weighted by molar-refractivity contribution is 5.79. The van der Waals surface area contributed by atoms with E-state index in [2.05, 4.69) is 20.3 Å². The van der Waals surface area contributed by atoms with E-state index < -0.39 is 54.8 Å². The topological polar surface area (TPSA) is 74.2 Å². The molecule has 1 unspecified atom stereocenters. The van der Waals surface area contributed by atoms with Gasteiger partial charge in [0.15, 0.2) is 0 Å². The van der Waals surface area contributed by atoms with Gasteiger partial charge in [-0.1, -0.05) is 0 Å². The summed E-state index contributed by atoms with van der Waals surface area (Å²) in [6.45, 7) is -1.40. The predicted molar refractivity (Wildman–Crippen MR) is 102 cm³/mol. The molecule has 7 nitrogen and oxygen atoms in total. The molecule has 1 amide bonds. The molecule has 14 heteroatoms. The number of alkyl halides is 7. The van der Waals surface area contributed by atoms with Gasteiger partial charge in [0, 0.05) is 31.3 Å². The van der Waals surface area contributed by atoms with Gasteiger partial charge in [0.1, 0.15) is 11.6 Å². The monoisotopic (exact) mass is 478 g/mol. The van der Waals surface area contributed by atoms with E-state index in [0.717, 1.165) is 28.1 Å². The SMILES string of the molecule is O=C(C(F)F)N1CCC(c2cc(Nc3ncccc3C(F)(F)F)nc(N3CC(F)(F)C3)n2)C1. The third kappa shape index (κ3) is 4.93. The lowest BCUT2D eigenvalue weighted by Crippen LogP contribution is -2.57. The van der Waals surface area contributed by atoms with Crippen LogP contribution in [0.25, 0.3) is 0 Å². The van der Waals surface area contributed by atoms with Crippen molar-refractivity contribution in [1.82, 2.24) is 19.9 Å². The molecule has 2 aromatic heterocycles. The summed E-state index contributed by atoms with van der Waals surface area (Å²) in [7, 11) is 0. The van der Waals surface area contributed by atoms with Crippen molar-refractivity contribution in [2.45, 2.75) is 30.9 Å². The number of carbonyl (C=O) groups is 1. The van der Waals surface area contributed by atoms with E-state index in [4.69, 9.17) is 0 Å². The van der Waals surface area contributed by atoms with Gasteiger partial charge in [0.2, 0.25) is 5.95 Å². The van der Waals surface area contributed by atoms with Crippen LogP contribution in [0.4, 0.5) is 48.3 Å². The number of nitrogens with zero attached hydrogens (tertiary/aromatic N) is 5. The van der Waals surface area contributed by atoms with Gasteiger partial charge < -0.3 is 15.1 Å². The summed E-state index contributed by atoms with van der Waals surface area (Å²) < 4.78 is 92.1. The highest BCUT2D eigenvalue weighted by Gasteiger charge is 2.45. The normalized spacial score (nSPS) is 20.2. The second-order valence-electron chi connectivity index (χ2n) is 7.78. The minimum absolute atomic E-state index is 0.0379. The summed E-state index contributed by atoms with van der Waals surface area (Å²) in [5, 5.41) is 2.46. The number of carbonyl (C=O) groups excluding carboxylic acids is 1. The molecule has 2 fully saturated rings. The average Bonchev–Trinajstić information content (AvgIpc) is 3.21. The fourth-order valence-corrected chi connectivity index (χ4v) is 3.72. The highest BCUT2D eigenvalue weighted by Crippen LogP contribution is 2.37. The smallest absolute Gasteiger partial charge is 0.337 e. The van der Waals surface area contributed by atoms with E-state index in [0.29, 0.717) is 0 Å². The van der Waals surface area contributed by atoms with Gasteiger partial charge in [-0.25, -0.2) is 18.7 Å². The Labute approximate surface area is 182 Å². The number of pyridine rings is 1. The summed E-state index contributed by atoms with van der Waals surface area (Å²) in [5.74, 6) is -5.64. The molecule has 178 valence electrons. The Balaban J connectivity index is 1.65. The zero-order valence-corrected chi connectivity index (χ0v) is 16.8. The molecule has 0 aromatic carbocycles. The van der Waals surface area contributed by atoms with Crippen molar-refractivity contribution in [1.29, 1.82) is 0 Å². The van der Waals surface area contributed by atoms with Crippen molar-refractivity contribution < 1.29 is 35.5 Å². The number of nitrogens with one attached hydrogen (secondary N) is 1. The number of likely N-dealkylation sites (tertiary alicyclic amines) is 1. The molecule has 0 spiro atoms. The second kappa shape index (κ2) is 8.30. The minimum atomic E-state index is -4.71. The summed E-state index contributed by atoms with van der Waals surface area (Å²) in [5.41, 5.74) is -0.830. The molecular weight excluding hydrogens is 461 g/mol. The maximum absolute atomic E-state index is 13.4. The van der Waals surface area contributed by atoms with Crippen molar-refractivity contribution in [2.24, 2.45) is 0 Å². The Bertz CT molecular complexity index is 1040. The number of amides is 1. The lowest BCUT2D eigenvalue weighted by Gasteiger charge is -2.38. The fourth-order valence-electron chi connectivity index (χ4n) is 3.72. The highest BCUT2D eigenvalue weighted by atomic mass is 19.4. The largest absolute Gasteiger partial charge is 0.419 e. The maximum Gasteiger partial charge on any atom is 0.419 e. The van der Waals surface area contributed by atoms with Gasteiger partial charge in [-0.05, 0) is 18.6 Å². The van der Waals surface area contributed by atoms with Crippen molar-refractivity contribution in [3.05, 3.63) is 35.7 Å². The molecule has 1 atom stereocenters. The van der Waals surface area contributed by atoms with Gasteiger partial charge in [-0.15, -0.1) is 0 Å². The minimum Gasteiger partial charge on any atom is -0.337 e. The van der Waals surface area contributed by atoms with Gasteiger partial charge in [-0.2, -0.15) is 26.9 Å². The van der Waals surface area contributed by atoms with Crippen molar-refractivity contribution in [3.63, 3.8) is 0 Å². The number of hydrogen-bond donors (Lipinski definition) is 1. The van der Waals surface area contributed by atoms with Crippen LogP contribution in [-0.4, -0.2) is 64.3 Å². The zero-order chi connectivity index (χ0) is 24.0. The quantitative estimate of drug-likeness (QED) is 0.662. The van der Waals surface area contributed by atoms with Crippen LogP contribution in [0.15, 0.2) is 24.4 Å². The van der Waals surface area contributed by atoms with E-state index in [1.165, 1.54) is 6.07 Å². The first-order valence-electron chi connectivity index (χ1n) is 9.81. The zero-order valence-electron chi connectivity index (χ0n) is 16.8. The summed E-state index contributed by atoms with van der Waals surface area (Å²) >= 11 is 0. The van der Waals surface area contributed by atoms with E-state index in [-0.39, 0.29) is 37.0 Å². The van der Waals surface area contributed by atoms with Gasteiger partial charge in [0.25, 0.3) is 11.8 Å².